The maximum atomic E-state index is 12.9. The van der Waals surface area contributed by atoms with Crippen LogP contribution in [-0.2, 0) is 6.61 Å². The first-order chi connectivity index (χ1) is 15.7. The van der Waals surface area contributed by atoms with Gasteiger partial charge in [-0.2, -0.15) is 5.10 Å². The Morgan fingerprint density at radius 1 is 0.938 bits per heavy atom. The number of carbonyl (C=O) groups is 1. The molecule has 0 radical (unpaired) electrons. The molecule has 0 aliphatic carbocycles. The van der Waals surface area contributed by atoms with Gasteiger partial charge < -0.3 is 9.47 Å². The van der Waals surface area contributed by atoms with Gasteiger partial charge in [0.25, 0.3) is 5.91 Å². The van der Waals surface area contributed by atoms with Crippen molar-refractivity contribution >= 4 is 22.9 Å². The second-order valence-corrected chi connectivity index (χ2v) is 7.33. The number of hydrogen-bond acceptors (Lipinski definition) is 4. The van der Waals surface area contributed by atoms with Crippen molar-refractivity contribution in [3.8, 4) is 11.5 Å². The Labute approximate surface area is 187 Å². The molecule has 0 fully saturated rings. The van der Waals surface area contributed by atoms with Crippen molar-refractivity contribution in [3.63, 3.8) is 0 Å². The number of carbonyl (C=O) groups excluding carboxylic acids is 1. The summed E-state index contributed by atoms with van der Waals surface area (Å²) in [5.41, 5.74) is 5.91. The first-order valence-corrected chi connectivity index (χ1v) is 10.3. The highest BCUT2D eigenvalue weighted by atomic mass is 16.5. The van der Waals surface area contributed by atoms with E-state index in [0.29, 0.717) is 29.2 Å². The predicted molar refractivity (Wildman–Crippen MR) is 128 cm³/mol. The first-order valence-electron chi connectivity index (χ1n) is 10.3. The first kappa shape index (κ1) is 21.1. The summed E-state index contributed by atoms with van der Waals surface area (Å²) >= 11 is 0. The molecule has 0 atom stereocenters. The number of aryl methyl sites for hydroxylation is 1. The molecule has 1 N–H and O–H groups in total. The molecule has 0 aliphatic heterocycles. The van der Waals surface area contributed by atoms with Gasteiger partial charge in [-0.15, -0.1) is 0 Å². The second-order valence-electron chi connectivity index (χ2n) is 7.33. The van der Waals surface area contributed by atoms with Gasteiger partial charge in [0.2, 0.25) is 0 Å². The summed E-state index contributed by atoms with van der Waals surface area (Å²) in [6.07, 6.45) is 1.57. The molecule has 32 heavy (non-hydrogen) atoms. The molecule has 0 aromatic heterocycles. The second kappa shape index (κ2) is 9.79. The molecular weight excluding hydrogens is 400 g/mol. The van der Waals surface area contributed by atoms with Crippen LogP contribution < -0.4 is 14.9 Å². The molecule has 4 rings (SSSR count). The van der Waals surface area contributed by atoms with Crippen molar-refractivity contribution in [2.75, 3.05) is 7.11 Å². The fourth-order valence-electron chi connectivity index (χ4n) is 3.58. The van der Waals surface area contributed by atoms with Crippen molar-refractivity contribution in [2.45, 2.75) is 13.5 Å². The number of para-hydroxylation sites is 1. The van der Waals surface area contributed by atoms with Crippen molar-refractivity contribution in [1.29, 1.82) is 0 Å². The van der Waals surface area contributed by atoms with Gasteiger partial charge in [-0.1, -0.05) is 72.8 Å². The number of fused-ring (bicyclic) bond motifs is 1. The number of nitrogens with one attached hydrogen (secondary N) is 1. The van der Waals surface area contributed by atoms with E-state index in [1.54, 1.807) is 13.3 Å². The van der Waals surface area contributed by atoms with E-state index in [4.69, 9.17) is 9.47 Å². The quantitative estimate of drug-likeness (QED) is 0.315. The number of benzene rings is 4. The molecule has 0 spiro atoms. The van der Waals surface area contributed by atoms with Crippen LogP contribution in [0.1, 0.15) is 27.0 Å². The topological polar surface area (TPSA) is 59.9 Å². The molecule has 4 aromatic carbocycles. The van der Waals surface area contributed by atoms with Crippen LogP contribution in [0, 0.1) is 6.92 Å². The molecule has 0 bridgehead atoms. The van der Waals surface area contributed by atoms with Crippen molar-refractivity contribution in [2.24, 2.45) is 5.10 Å². The lowest BCUT2D eigenvalue weighted by molar-refractivity contribution is 0.0956. The highest BCUT2D eigenvalue weighted by molar-refractivity contribution is 6.08. The smallest absolute Gasteiger partial charge is 0.272 e. The van der Waals surface area contributed by atoms with Gasteiger partial charge in [0, 0.05) is 5.56 Å². The molecule has 0 saturated heterocycles. The minimum atomic E-state index is -0.259. The number of amides is 1. The average Bonchev–Trinajstić information content (AvgIpc) is 2.83. The van der Waals surface area contributed by atoms with Crippen molar-refractivity contribution in [1.82, 2.24) is 5.43 Å². The summed E-state index contributed by atoms with van der Waals surface area (Å²) in [6, 6.07) is 27.2. The van der Waals surface area contributed by atoms with Gasteiger partial charge >= 0.3 is 0 Å². The summed E-state index contributed by atoms with van der Waals surface area (Å²) < 4.78 is 11.5. The van der Waals surface area contributed by atoms with Crippen LogP contribution in [-0.4, -0.2) is 19.2 Å². The Bertz CT molecular complexity index is 1270. The van der Waals surface area contributed by atoms with Crippen LogP contribution >= 0.6 is 0 Å². The Hall–Kier alpha value is -4.12. The van der Waals surface area contributed by atoms with E-state index in [0.717, 1.165) is 21.9 Å². The number of hydrazone groups is 1. The Morgan fingerprint density at radius 2 is 1.72 bits per heavy atom. The number of nitrogens with zero attached hydrogens (tertiary/aromatic N) is 1. The lowest BCUT2D eigenvalue weighted by Gasteiger charge is -2.13. The molecule has 0 saturated carbocycles. The molecule has 5 heteroatoms. The zero-order chi connectivity index (χ0) is 22.3. The van der Waals surface area contributed by atoms with E-state index in [2.05, 4.69) is 10.5 Å². The zero-order valence-corrected chi connectivity index (χ0v) is 18.0. The third-order valence-corrected chi connectivity index (χ3v) is 5.19. The van der Waals surface area contributed by atoms with Crippen LogP contribution in [0.25, 0.3) is 10.8 Å². The molecule has 0 unspecified atom stereocenters. The number of hydrogen-bond donors (Lipinski definition) is 1. The highest BCUT2D eigenvalue weighted by Gasteiger charge is 2.13. The standard InChI is InChI=1S/C27H24N2O3/c1-19-15-16-21-11-6-7-13-23(21)25(19)27(30)29-28-17-22-12-8-14-24(31-2)26(22)32-18-20-9-4-3-5-10-20/h3-17H,18H2,1-2H3,(H,29,30)/b28-17-. The number of ether oxygens (including phenoxy) is 2. The van der Waals surface area contributed by atoms with Gasteiger partial charge in [0.15, 0.2) is 11.5 Å². The third-order valence-electron chi connectivity index (χ3n) is 5.19. The summed E-state index contributed by atoms with van der Waals surface area (Å²) in [4.78, 5) is 12.9. The Balaban J connectivity index is 1.55. The van der Waals surface area contributed by atoms with Crippen LogP contribution in [0.3, 0.4) is 0 Å². The lowest BCUT2D eigenvalue weighted by Crippen LogP contribution is -2.19. The van der Waals surface area contributed by atoms with Gasteiger partial charge in [-0.3, -0.25) is 4.79 Å². The SMILES string of the molecule is COc1cccc(/C=N\NC(=O)c2c(C)ccc3ccccc23)c1OCc1ccccc1. The van der Waals surface area contributed by atoms with Crippen molar-refractivity contribution in [3.05, 3.63) is 107 Å². The molecule has 5 nitrogen and oxygen atoms in total. The number of rotatable bonds is 7. The monoisotopic (exact) mass is 424 g/mol. The molecule has 1 amide bonds. The van der Waals surface area contributed by atoms with Gasteiger partial charge in [0.05, 0.1) is 18.9 Å². The average molecular weight is 425 g/mol. The van der Waals surface area contributed by atoms with Crippen molar-refractivity contribution < 1.29 is 14.3 Å². The van der Waals surface area contributed by atoms with Crippen LogP contribution in [0.5, 0.6) is 11.5 Å². The van der Waals surface area contributed by atoms with Gasteiger partial charge in [0.1, 0.15) is 6.61 Å². The van der Waals surface area contributed by atoms with Crippen LogP contribution in [0.2, 0.25) is 0 Å². The van der Waals surface area contributed by atoms with Crippen LogP contribution in [0.15, 0.2) is 90.0 Å². The number of methoxy groups -OCH3 is 1. The summed E-state index contributed by atoms with van der Waals surface area (Å²) in [5, 5.41) is 6.10. The normalized spacial score (nSPS) is 10.9. The van der Waals surface area contributed by atoms with Gasteiger partial charge in [-0.05, 0) is 41.0 Å². The fourth-order valence-corrected chi connectivity index (χ4v) is 3.58. The fraction of sp³-hybridized carbons (Fsp3) is 0.111. The Kier molecular flexibility index (Phi) is 6.46. The summed E-state index contributed by atoms with van der Waals surface area (Å²) in [5.74, 6) is 0.907. The maximum Gasteiger partial charge on any atom is 0.272 e. The van der Waals surface area contributed by atoms with E-state index in [1.807, 2.05) is 91.9 Å². The molecule has 0 aliphatic rings. The maximum absolute atomic E-state index is 12.9. The minimum absolute atomic E-state index is 0.259. The molecule has 160 valence electrons. The van der Waals surface area contributed by atoms with E-state index in [-0.39, 0.29) is 5.91 Å². The largest absolute Gasteiger partial charge is 0.493 e. The predicted octanol–water partition coefficient (Wildman–Crippen LogP) is 5.50. The van der Waals surface area contributed by atoms with E-state index < -0.39 is 0 Å². The van der Waals surface area contributed by atoms with Gasteiger partial charge in [-0.25, -0.2) is 5.43 Å². The molecular formula is C27H24N2O3. The highest BCUT2D eigenvalue weighted by Crippen LogP contribution is 2.31. The molecule has 0 heterocycles. The van der Waals surface area contributed by atoms with E-state index >= 15 is 0 Å². The van der Waals surface area contributed by atoms with Crippen LogP contribution in [0.4, 0.5) is 0 Å². The van der Waals surface area contributed by atoms with E-state index in [1.165, 1.54) is 0 Å². The summed E-state index contributed by atoms with van der Waals surface area (Å²) in [7, 11) is 1.59. The van der Waals surface area contributed by atoms with E-state index in [9.17, 15) is 4.79 Å². The Morgan fingerprint density at radius 3 is 2.53 bits per heavy atom. The minimum Gasteiger partial charge on any atom is -0.493 e. The zero-order valence-electron chi connectivity index (χ0n) is 18.0. The molecule has 4 aromatic rings. The third kappa shape index (κ3) is 4.62. The lowest BCUT2D eigenvalue weighted by atomic mass is 9.99. The summed E-state index contributed by atoms with van der Waals surface area (Å²) in [6.45, 7) is 2.31.